The number of hydrogen-bond acceptors (Lipinski definition) is 4. The molecule has 3 aliphatic rings. The van der Waals surface area contributed by atoms with E-state index < -0.39 is 7.81 Å². The molecule has 4 aromatic rings. The van der Waals surface area contributed by atoms with Crippen LogP contribution in [0.3, 0.4) is 0 Å². The molecule has 7 rings (SSSR count). The summed E-state index contributed by atoms with van der Waals surface area (Å²) in [5, 5.41) is 10.7. The summed E-state index contributed by atoms with van der Waals surface area (Å²) < 4.78 is 65.6. The number of aromatic hydroxyl groups is 1. The fourth-order valence-corrected chi connectivity index (χ4v) is 5.36. The second-order valence-corrected chi connectivity index (χ2v) is 10.9. The van der Waals surface area contributed by atoms with Crippen LogP contribution >= 0.6 is 7.81 Å². The molecule has 1 atom stereocenters. The average Bonchev–Trinajstić information content (AvgIpc) is 2.81. The molecule has 0 spiro atoms. The second kappa shape index (κ2) is 6.89. The molecule has 0 aromatic heterocycles. The van der Waals surface area contributed by atoms with E-state index in [4.69, 9.17) is 4.74 Å². The maximum absolute atomic E-state index is 10.7. The molecule has 0 saturated carbocycles. The Morgan fingerprint density at radius 3 is 1.65 bits per heavy atom. The third-order valence-electron chi connectivity index (χ3n) is 6.56. The van der Waals surface area contributed by atoms with E-state index >= 15 is 0 Å². The minimum atomic E-state index is -10.7. The van der Waals surface area contributed by atoms with Crippen LogP contribution in [0, 0.1) is 0 Å². The quantitative estimate of drug-likeness (QED) is 0.168. The first-order valence-corrected chi connectivity index (χ1v) is 13.2. The first kappa shape index (κ1) is 23.5. The normalized spacial score (nSPS) is 18.0. The van der Waals surface area contributed by atoms with Gasteiger partial charge in [-0.1, -0.05) is 30.3 Å². The number of hydrogen-bond donors (Lipinski definition) is 1. The van der Waals surface area contributed by atoms with Crippen molar-refractivity contribution in [3.05, 3.63) is 95.6 Å². The summed E-state index contributed by atoms with van der Waals surface area (Å²) >= 11 is 0. The van der Waals surface area contributed by atoms with E-state index in [0.29, 0.717) is 0 Å². The molecule has 3 aliphatic heterocycles. The monoisotopic (exact) mass is 535 g/mol. The molecule has 192 valence electrons. The number of phenolic OH excluding ortho intramolecular Hbond substituents is 1. The molecule has 0 bridgehead atoms. The van der Waals surface area contributed by atoms with Crippen LogP contribution in [0.15, 0.2) is 78.9 Å². The van der Waals surface area contributed by atoms with Crippen molar-refractivity contribution in [1.29, 1.82) is 0 Å². The van der Waals surface area contributed by atoms with E-state index in [-0.39, 0.29) is 11.7 Å². The zero-order chi connectivity index (χ0) is 26.4. The van der Waals surface area contributed by atoms with Gasteiger partial charge in [0.1, 0.15) is 17.2 Å². The van der Waals surface area contributed by atoms with Gasteiger partial charge in [0, 0.05) is 41.0 Å². The fourth-order valence-electron chi connectivity index (χ4n) is 5.36. The van der Waals surface area contributed by atoms with Gasteiger partial charge in [-0.25, -0.2) is 0 Å². The van der Waals surface area contributed by atoms with Gasteiger partial charge in [0.25, 0.3) is 0 Å². The Bertz CT molecular complexity index is 1600. The predicted molar refractivity (Wildman–Crippen MR) is 132 cm³/mol. The molecule has 4 nitrogen and oxygen atoms in total. The number of phenols is 1. The Hall–Kier alpha value is -3.91. The standard InChI is InChI=1S/C26H18N2O2.F6P/c1-27-16-8-4-10-18-23(16)26-24-17(27)9-5-13-21(24)30-22-14-6-11-19(25(22)26)28(18)15-7-2-3-12-20(15)29;1-7(2,3,4,5)6/h2-14,26,29H,1H3;/q;-1. The van der Waals surface area contributed by atoms with Crippen molar-refractivity contribution < 1.29 is 35.0 Å². The molecular weight excluding hydrogens is 517 g/mol. The van der Waals surface area contributed by atoms with Crippen molar-refractivity contribution in [1.82, 2.24) is 0 Å². The molecule has 11 heteroatoms. The molecule has 3 heterocycles. The zero-order valence-electron chi connectivity index (χ0n) is 19.0. The molecule has 1 N–H and O–H groups in total. The summed E-state index contributed by atoms with van der Waals surface area (Å²) in [5.41, 5.74) is 8.91. The average molecular weight is 535 g/mol. The first-order valence-electron chi connectivity index (χ1n) is 11.1. The molecule has 4 aromatic carbocycles. The molecule has 0 aliphatic carbocycles. The third-order valence-corrected chi connectivity index (χ3v) is 6.56. The number of nitrogens with zero attached hydrogens (tertiary/aromatic N) is 2. The molecule has 0 amide bonds. The molecule has 37 heavy (non-hydrogen) atoms. The van der Waals surface area contributed by atoms with Crippen molar-refractivity contribution in [2.45, 2.75) is 5.92 Å². The zero-order valence-corrected chi connectivity index (χ0v) is 19.9. The second-order valence-electron chi connectivity index (χ2n) is 8.96. The number of para-hydroxylation sites is 2. The molecule has 0 saturated heterocycles. The Morgan fingerprint density at radius 1 is 0.622 bits per heavy atom. The van der Waals surface area contributed by atoms with Crippen molar-refractivity contribution in [2.24, 2.45) is 0 Å². The SMILES string of the molecule is CN1c2cccc3c2C2c4c(cccc4N(c4ccccc4O)c4cccc1c42)O3.F[P-](F)(F)(F)(F)F. The van der Waals surface area contributed by atoms with Crippen LogP contribution < -0.4 is 14.5 Å². The Morgan fingerprint density at radius 2 is 1.05 bits per heavy atom. The molecule has 0 radical (unpaired) electrons. The van der Waals surface area contributed by atoms with E-state index in [1.54, 1.807) is 6.07 Å². The number of rotatable bonds is 1. The maximum atomic E-state index is 10.7. The van der Waals surface area contributed by atoms with Gasteiger partial charge in [-0.3, -0.25) is 0 Å². The fraction of sp³-hybridized carbons (Fsp3) is 0.0769. The Balaban J connectivity index is 0.000000321. The molecule has 1 unspecified atom stereocenters. The van der Waals surface area contributed by atoms with Crippen molar-refractivity contribution in [2.75, 3.05) is 16.8 Å². The van der Waals surface area contributed by atoms with E-state index in [2.05, 4.69) is 59.3 Å². The summed E-state index contributed by atoms with van der Waals surface area (Å²) in [6.45, 7) is 0. The van der Waals surface area contributed by atoms with Crippen molar-refractivity contribution in [3.8, 4) is 17.2 Å². The van der Waals surface area contributed by atoms with E-state index in [9.17, 15) is 30.3 Å². The van der Waals surface area contributed by atoms with Gasteiger partial charge in [-0.2, -0.15) is 0 Å². The Kier molecular flexibility index (Phi) is 4.37. The van der Waals surface area contributed by atoms with Crippen molar-refractivity contribution in [3.63, 3.8) is 0 Å². The van der Waals surface area contributed by atoms with E-state index in [1.807, 2.05) is 30.3 Å². The van der Waals surface area contributed by atoms with Crippen molar-refractivity contribution >= 4 is 36.2 Å². The topological polar surface area (TPSA) is 35.9 Å². The van der Waals surface area contributed by atoms with Gasteiger partial charge in [0.2, 0.25) is 0 Å². The van der Waals surface area contributed by atoms with Gasteiger partial charge >= 0.3 is 33.0 Å². The Labute approximate surface area is 207 Å². The summed E-state index contributed by atoms with van der Waals surface area (Å²) in [6, 6.07) is 26.4. The molecule has 0 fully saturated rings. The summed E-state index contributed by atoms with van der Waals surface area (Å²) in [7, 11) is -8.54. The van der Waals surface area contributed by atoms with Crippen LogP contribution in [0.25, 0.3) is 0 Å². The van der Waals surface area contributed by atoms with Crippen LogP contribution in [0.2, 0.25) is 0 Å². The summed E-state index contributed by atoms with van der Waals surface area (Å²) in [4.78, 5) is 4.42. The number of anilines is 5. The van der Waals surface area contributed by atoms with Gasteiger partial charge in [-0.15, -0.1) is 0 Å². The molecular formula is C26H18F6N2O2P-. The predicted octanol–water partition coefficient (Wildman–Crippen LogP) is 9.92. The first-order chi connectivity index (χ1) is 17.2. The number of ether oxygens (including phenoxy) is 1. The van der Waals surface area contributed by atoms with Crippen LogP contribution in [-0.2, 0) is 0 Å². The van der Waals surface area contributed by atoms with Gasteiger partial charge < -0.3 is 19.6 Å². The van der Waals surface area contributed by atoms with Crippen LogP contribution in [0.1, 0.15) is 22.6 Å². The van der Waals surface area contributed by atoms with Crippen LogP contribution in [0.5, 0.6) is 17.2 Å². The van der Waals surface area contributed by atoms with E-state index in [1.165, 1.54) is 22.5 Å². The van der Waals surface area contributed by atoms with Crippen LogP contribution in [0.4, 0.5) is 53.6 Å². The minimum absolute atomic E-state index is 0.112. The summed E-state index contributed by atoms with van der Waals surface area (Å²) in [5.74, 6) is 2.17. The van der Waals surface area contributed by atoms with E-state index in [0.717, 1.165) is 34.1 Å². The number of benzene rings is 4. The summed E-state index contributed by atoms with van der Waals surface area (Å²) in [6.07, 6.45) is 0. The van der Waals surface area contributed by atoms with Gasteiger partial charge in [-0.05, 0) is 48.5 Å². The van der Waals surface area contributed by atoms with Gasteiger partial charge in [0.05, 0.1) is 17.1 Å². The number of halogens is 6. The third kappa shape index (κ3) is 4.01. The van der Waals surface area contributed by atoms with Crippen LogP contribution in [-0.4, -0.2) is 12.2 Å². The van der Waals surface area contributed by atoms with Gasteiger partial charge in [0.15, 0.2) is 0 Å².